The van der Waals surface area contributed by atoms with E-state index in [1.807, 2.05) is 5.32 Å². The number of aliphatic hydroxyl groups is 1. The third-order valence-electron chi connectivity index (χ3n) is 3.58. The zero-order chi connectivity index (χ0) is 17.3. The Morgan fingerprint density at radius 2 is 2.13 bits per heavy atom. The average molecular weight is 321 g/mol. The summed E-state index contributed by atoms with van der Waals surface area (Å²) in [6.07, 6.45) is 1.64. The SMILES string of the molecule is C=Cc1ccc(C(O)(C#CC2CC2)C(C)(F)F)c(NC(=O)O)c1. The molecular formula is C17H17F2NO3. The second-order valence-corrected chi connectivity index (χ2v) is 5.58. The molecule has 1 aliphatic carbocycles. The van der Waals surface area contributed by atoms with Crippen molar-refractivity contribution in [3.05, 3.63) is 35.9 Å². The number of halogens is 2. The van der Waals surface area contributed by atoms with Crippen molar-refractivity contribution < 1.29 is 23.8 Å². The Hall–Kier alpha value is -2.39. The van der Waals surface area contributed by atoms with Crippen molar-refractivity contribution in [2.24, 2.45) is 5.92 Å². The van der Waals surface area contributed by atoms with E-state index in [1.54, 1.807) is 0 Å². The highest BCUT2D eigenvalue weighted by molar-refractivity contribution is 5.85. The van der Waals surface area contributed by atoms with Crippen LogP contribution >= 0.6 is 0 Å². The zero-order valence-electron chi connectivity index (χ0n) is 12.6. The minimum atomic E-state index is -3.58. The van der Waals surface area contributed by atoms with Gasteiger partial charge in [-0.2, -0.15) is 0 Å². The molecule has 0 aliphatic heterocycles. The fourth-order valence-corrected chi connectivity index (χ4v) is 2.07. The second-order valence-electron chi connectivity index (χ2n) is 5.58. The molecular weight excluding hydrogens is 304 g/mol. The number of carboxylic acid groups (broad SMARTS) is 1. The molecule has 1 aromatic rings. The molecule has 1 fully saturated rings. The van der Waals surface area contributed by atoms with Crippen LogP contribution in [-0.4, -0.2) is 22.2 Å². The van der Waals surface area contributed by atoms with Crippen LogP contribution in [0.25, 0.3) is 6.08 Å². The van der Waals surface area contributed by atoms with E-state index in [-0.39, 0.29) is 17.2 Å². The smallest absolute Gasteiger partial charge is 0.409 e. The molecule has 122 valence electrons. The summed E-state index contributed by atoms with van der Waals surface area (Å²) >= 11 is 0. The minimum absolute atomic E-state index is 0.00667. The molecule has 6 heteroatoms. The summed E-state index contributed by atoms with van der Waals surface area (Å²) in [5.74, 6) is 1.32. The number of hydrogen-bond donors (Lipinski definition) is 3. The van der Waals surface area contributed by atoms with Gasteiger partial charge in [0, 0.05) is 18.4 Å². The highest BCUT2D eigenvalue weighted by Gasteiger charge is 2.50. The van der Waals surface area contributed by atoms with Gasteiger partial charge in [-0.25, -0.2) is 13.6 Å². The molecule has 2 rings (SSSR count). The van der Waals surface area contributed by atoms with Gasteiger partial charge in [0.05, 0.1) is 5.69 Å². The topological polar surface area (TPSA) is 69.6 Å². The highest BCUT2D eigenvalue weighted by atomic mass is 19.3. The van der Waals surface area contributed by atoms with Gasteiger partial charge >= 0.3 is 6.09 Å². The molecule has 0 saturated heterocycles. The Labute approximate surface area is 132 Å². The molecule has 1 atom stereocenters. The number of rotatable bonds is 4. The van der Waals surface area contributed by atoms with Crippen LogP contribution in [-0.2, 0) is 5.60 Å². The maximum absolute atomic E-state index is 14.1. The predicted molar refractivity (Wildman–Crippen MR) is 83.2 cm³/mol. The average Bonchev–Trinajstić information content (AvgIpc) is 3.27. The molecule has 1 aliphatic rings. The molecule has 0 aromatic heterocycles. The van der Waals surface area contributed by atoms with E-state index in [0.717, 1.165) is 12.8 Å². The summed E-state index contributed by atoms with van der Waals surface area (Å²) in [6, 6.07) is 4.03. The maximum Gasteiger partial charge on any atom is 0.409 e. The maximum atomic E-state index is 14.1. The van der Waals surface area contributed by atoms with Gasteiger partial charge < -0.3 is 10.2 Å². The first-order valence-corrected chi connectivity index (χ1v) is 7.07. The van der Waals surface area contributed by atoms with E-state index in [4.69, 9.17) is 5.11 Å². The van der Waals surface area contributed by atoms with Gasteiger partial charge in [-0.1, -0.05) is 36.6 Å². The summed E-state index contributed by atoms with van der Waals surface area (Å²) in [4.78, 5) is 10.9. The molecule has 0 radical (unpaired) electrons. The van der Waals surface area contributed by atoms with Crippen LogP contribution in [0.5, 0.6) is 0 Å². The molecule has 1 aromatic carbocycles. The van der Waals surface area contributed by atoms with Crippen LogP contribution in [0.3, 0.4) is 0 Å². The summed E-state index contributed by atoms with van der Waals surface area (Å²) in [5.41, 5.74) is -2.70. The molecule has 23 heavy (non-hydrogen) atoms. The van der Waals surface area contributed by atoms with Gasteiger partial charge in [-0.3, -0.25) is 5.32 Å². The molecule has 1 saturated carbocycles. The summed E-state index contributed by atoms with van der Waals surface area (Å²) in [6.45, 7) is 4.10. The van der Waals surface area contributed by atoms with Crippen LogP contribution in [0.4, 0.5) is 19.3 Å². The van der Waals surface area contributed by atoms with Crippen LogP contribution in [0.1, 0.15) is 30.9 Å². The number of anilines is 1. The van der Waals surface area contributed by atoms with E-state index >= 15 is 0 Å². The molecule has 1 unspecified atom stereocenters. The summed E-state index contributed by atoms with van der Waals surface area (Å²) in [7, 11) is 0. The molecule has 0 spiro atoms. The van der Waals surface area contributed by atoms with Gasteiger partial charge in [-0.05, 0) is 24.5 Å². The predicted octanol–water partition coefficient (Wildman–Crippen LogP) is 3.68. The lowest BCUT2D eigenvalue weighted by atomic mass is 9.86. The largest absolute Gasteiger partial charge is 0.465 e. The highest BCUT2D eigenvalue weighted by Crippen LogP contribution is 2.41. The fraction of sp³-hybridized carbons (Fsp3) is 0.353. The Balaban J connectivity index is 2.60. The second kappa shape index (κ2) is 6.01. The third kappa shape index (κ3) is 3.69. The Morgan fingerprint density at radius 3 is 2.61 bits per heavy atom. The fourth-order valence-electron chi connectivity index (χ4n) is 2.07. The first-order chi connectivity index (χ1) is 10.7. The van der Waals surface area contributed by atoms with Gasteiger partial charge in [0.1, 0.15) is 0 Å². The van der Waals surface area contributed by atoms with Crippen LogP contribution in [0, 0.1) is 17.8 Å². The van der Waals surface area contributed by atoms with Crippen molar-refractivity contribution in [3.63, 3.8) is 0 Å². The summed E-state index contributed by atoms with van der Waals surface area (Å²) < 4.78 is 28.2. The normalized spacial score (nSPS) is 16.7. The molecule has 4 nitrogen and oxygen atoms in total. The minimum Gasteiger partial charge on any atom is -0.465 e. The van der Waals surface area contributed by atoms with E-state index in [1.165, 1.54) is 24.3 Å². The van der Waals surface area contributed by atoms with Crippen molar-refractivity contribution in [2.75, 3.05) is 5.32 Å². The number of carbonyl (C=O) groups is 1. The standard InChI is InChI=1S/C17H17F2NO3/c1-3-11-6-7-13(14(10-11)20-15(21)22)17(23,16(2,18)19)9-8-12-4-5-12/h3,6-7,10,12,20,23H,1,4-5H2,2H3,(H,21,22). The Bertz CT molecular complexity index is 696. The summed E-state index contributed by atoms with van der Waals surface area (Å²) in [5, 5.41) is 21.5. The number of benzene rings is 1. The lowest BCUT2D eigenvalue weighted by molar-refractivity contribution is -0.140. The van der Waals surface area contributed by atoms with Crippen LogP contribution in [0.15, 0.2) is 24.8 Å². The van der Waals surface area contributed by atoms with E-state index in [2.05, 4.69) is 18.4 Å². The van der Waals surface area contributed by atoms with E-state index in [9.17, 15) is 18.7 Å². The van der Waals surface area contributed by atoms with Crippen molar-refractivity contribution in [1.82, 2.24) is 0 Å². The number of nitrogens with one attached hydrogen (secondary N) is 1. The number of hydrogen-bond acceptors (Lipinski definition) is 2. The zero-order valence-corrected chi connectivity index (χ0v) is 12.6. The van der Waals surface area contributed by atoms with Gasteiger partial charge in [0.2, 0.25) is 5.60 Å². The quantitative estimate of drug-likeness (QED) is 0.741. The van der Waals surface area contributed by atoms with Crippen molar-refractivity contribution >= 4 is 17.9 Å². The lowest BCUT2D eigenvalue weighted by Gasteiger charge is -2.31. The van der Waals surface area contributed by atoms with Crippen molar-refractivity contribution in [3.8, 4) is 11.8 Å². The molecule has 1 amide bonds. The number of amides is 1. The van der Waals surface area contributed by atoms with Crippen molar-refractivity contribution in [1.29, 1.82) is 0 Å². The molecule has 0 bridgehead atoms. The van der Waals surface area contributed by atoms with Gasteiger partial charge in [0.15, 0.2) is 0 Å². The first kappa shape index (κ1) is 17.0. The van der Waals surface area contributed by atoms with Crippen molar-refractivity contribution in [2.45, 2.75) is 31.3 Å². The van der Waals surface area contributed by atoms with E-state index in [0.29, 0.717) is 12.5 Å². The van der Waals surface area contributed by atoms with E-state index < -0.39 is 17.6 Å². The van der Waals surface area contributed by atoms with Crippen LogP contribution < -0.4 is 5.32 Å². The first-order valence-electron chi connectivity index (χ1n) is 7.07. The Kier molecular flexibility index (Phi) is 4.44. The monoisotopic (exact) mass is 321 g/mol. The lowest BCUT2D eigenvalue weighted by Crippen LogP contribution is -2.42. The third-order valence-corrected chi connectivity index (χ3v) is 3.58. The van der Waals surface area contributed by atoms with Crippen LogP contribution in [0.2, 0.25) is 0 Å². The van der Waals surface area contributed by atoms with Gasteiger partial charge in [-0.15, -0.1) is 0 Å². The molecule has 0 heterocycles. The molecule has 3 N–H and O–H groups in total. The Morgan fingerprint density at radius 1 is 1.48 bits per heavy atom. The number of alkyl halides is 2. The van der Waals surface area contributed by atoms with Gasteiger partial charge in [0.25, 0.3) is 5.92 Å².